The van der Waals surface area contributed by atoms with E-state index in [0.29, 0.717) is 5.92 Å². The van der Waals surface area contributed by atoms with E-state index >= 15 is 0 Å². The van der Waals surface area contributed by atoms with Crippen molar-refractivity contribution < 1.29 is 9.84 Å². The maximum atomic E-state index is 9.76. The van der Waals surface area contributed by atoms with Gasteiger partial charge in [0.15, 0.2) is 6.29 Å². The first kappa shape index (κ1) is 7.34. The van der Waals surface area contributed by atoms with Gasteiger partial charge in [0.05, 0.1) is 6.61 Å². The molecule has 3 fully saturated rings. The number of rotatable bonds is 0. The number of aliphatic hydroxyl groups is 1. The molecule has 2 nitrogen and oxygen atoms in total. The highest BCUT2D eigenvalue weighted by Crippen LogP contribution is 2.63. The van der Waals surface area contributed by atoms with Gasteiger partial charge in [0.25, 0.3) is 0 Å². The number of ether oxygens (including phenoxy) is 1. The van der Waals surface area contributed by atoms with Crippen LogP contribution in [0.25, 0.3) is 0 Å². The molecule has 0 aromatic heterocycles. The third-order valence-corrected chi connectivity index (χ3v) is 4.69. The highest BCUT2D eigenvalue weighted by Gasteiger charge is 2.62. The summed E-state index contributed by atoms with van der Waals surface area (Å²) in [4.78, 5) is 0. The molecule has 3 rings (SSSR count). The van der Waals surface area contributed by atoms with Crippen molar-refractivity contribution in [3.8, 4) is 0 Å². The topological polar surface area (TPSA) is 29.5 Å². The van der Waals surface area contributed by atoms with Gasteiger partial charge in [0.2, 0.25) is 0 Å². The third-order valence-electron chi connectivity index (χ3n) is 4.69. The summed E-state index contributed by atoms with van der Waals surface area (Å²) in [6.07, 6.45) is 3.57. The molecule has 3 unspecified atom stereocenters. The van der Waals surface area contributed by atoms with Gasteiger partial charge in [0.1, 0.15) is 0 Å². The van der Waals surface area contributed by atoms with Crippen molar-refractivity contribution in [1.29, 1.82) is 0 Å². The Morgan fingerprint density at radius 3 is 3.00 bits per heavy atom. The lowest BCUT2D eigenvalue weighted by atomic mass is 9.69. The summed E-state index contributed by atoms with van der Waals surface area (Å²) in [6, 6.07) is 0. The summed E-state index contributed by atoms with van der Waals surface area (Å²) in [7, 11) is 0. The second-order valence-corrected chi connectivity index (χ2v) is 4.93. The average Bonchev–Trinajstić information content (AvgIpc) is 2.65. The fraction of sp³-hybridized carbons (Fsp3) is 1.00. The molecule has 1 aliphatic heterocycles. The average molecular weight is 168 g/mol. The Bertz CT molecular complexity index is 216. The highest BCUT2D eigenvalue weighted by atomic mass is 16.6. The maximum absolute atomic E-state index is 9.76. The third kappa shape index (κ3) is 0.612. The molecule has 3 aliphatic rings. The number of fused-ring (bicyclic) bond motifs is 5. The van der Waals surface area contributed by atoms with Crippen LogP contribution in [0.4, 0.5) is 0 Å². The molecule has 1 N–H and O–H groups in total. The van der Waals surface area contributed by atoms with Crippen LogP contribution in [-0.4, -0.2) is 18.0 Å². The van der Waals surface area contributed by atoms with Crippen molar-refractivity contribution in [2.24, 2.45) is 23.2 Å². The van der Waals surface area contributed by atoms with Crippen molar-refractivity contribution >= 4 is 0 Å². The first-order valence-corrected chi connectivity index (χ1v) is 5.02. The molecule has 2 aliphatic carbocycles. The molecule has 0 aromatic rings. The molecule has 1 heterocycles. The van der Waals surface area contributed by atoms with E-state index < -0.39 is 6.29 Å². The van der Waals surface area contributed by atoms with E-state index in [9.17, 15) is 5.11 Å². The smallest absolute Gasteiger partial charge is 0.160 e. The van der Waals surface area contributed by atoms with Gasteiger partial charge < -0.3 is 9.84 Å². The summed E-state index contributed by atoms with van der Waals surface area (Å²) < 4.78 is 5.36. The van der Waals surface area contributed by atoms with Gasteiger partial charge in [-0.2, -0.15) is 0 Å². The second kappa shape index (κ2) is 2.05. The molecule has 0 amide bonds. The fourth-order valence-electron chi connectivity index (χ4n) is 3.83. The van der Waals surface area contributed by atoms with Crippen LogP contribution in [-0.2, 0) is 4.74 Å². The molecular weight excluding hydrogens is 152 g/mol. The molecule has 12 heavy (non-hydrogen) atoms. The van der Waals surface area contributed by atoms with Gasteiger partial charge in [-0.3, -0.25) is 0 Å². The summed E-state index contributed by atoms with van der Waals surface area (Å²) >= 11 is 0. The van der Waals surface area contributed by atoms with E-state index in [-0.39, 0.29) is 5.41 Å². The molecule has 2 saturated carbocycles. The van der Waals surface area contributed by atoms with E-state index in [4.69, 9.17) is 4.74 Å². The minimum atomic E-state index is -0.474. The Labute approximate surface area is 72.9 Å². The molecule has 0 spiro atoms. The molecule has 0 aromatic carbocycles. The van der Waals surface area contributed by atoms with E-state index in [1.165, 1.54) is 19.3 Å². The number of hydrogen-bond acceptors (Lipinski definition) is 2. The van der Waals surface area contributed by atoms with Gasteiger partial charge in [-0.05, 0) is 37.0 Å². The Hall–Kier alpha value is -0.0800. The van der Waals surface area contributed by atoms with E-state index in [2.05, 4.69) is 6.92 Å². The van der Waals surface area contributed by atoms with E-state index in [1.807, 2.05) is 0 Å². The molecular formula is C10H16O2. The Morgan fingerprint density at radius 1 is 1.42 bits per heavy atom. The van der Waals surface area contributed by atoms with Crippen LogP contribution >= 0.6 is 0 Å². The lowest BCUT2D eigenvalue weighted by Gasteiger charge is -2.36. The van der Waals surface area contributed by atoms with Gasteiger partial charge in [-0.25, -0.2) is 0 Å². The van der Waals surface area contributed by atoms with Crippen molar-refractivity contribution in [3.05, 3.63) is 0 Å². The summed E-state index contributed by atoms with van der Waals surface area (Å²) in [5.41, 5.74) is 0.114. The molecule has 2 bridgehead atoms. The summed E-state index contributed by atoms with van der Waals surface area (Å²) in [6.45, 7) is 3.03. The minimum Gasteiger partial charge on any atom is -0.367 e. The number of hydrogen-bond donors (Lipinski definition) is 1. The minimum absolute atomic E-state index is 0.114. The van der Waals surface area contributed by atoms with Crippen molar-refractivity contribution in [2.75, 3.05) is 6.61 Å². The second-order valence-electron chi connectivity index (χ2n) is 4.93. The van der Waals surface area contributed by atoms with Gasteiger partial charge in [-0.15, -0.1) is 0 Å². The summed E-state index contributed by atoms with van der Waals surface area (Å²) in [5.74, 6) is 2.26. The van der Waals surface area contributed by atoms with Gasteiger partial charge in [-0.1, -0.05) is 6.92 Å². The molecule has 68 valence electrons. The predicted octanol–water partition coefficient (Wildman–Crippen LogP) is 1.39. The zero-order valence-corrected chi connectivity index (χ0v) is 7.49. The molecule has 5 atom stereocenters. The van der Waals surface area contributed by atoms with Crippen LogP contribution in [0.1, 0.15) is 26.2 Å². The standard InChI is InChI=1S/C10H16O2/c1-10-7-3-2-6(4-7)8(10)5-12-9(10)11/h6-9,11H,2-5H2,1H3/t6?,7-,8?,9?,10-/m0/s1. The normalized spacial score (nSPS) is 62.5. The van der Waals surface area contributed by atoms with Gasteiger partial charge >= 0.3 is 0 Å². The van der Waals surface area contributed by atoms with Crippen molar-refractivity contribution in [3.63, 3.8) is 0 Å². The first-order chi connectivity index (χ1) is 5.73. The zero-order valence-electron chi connectivity index (χ0n) is 7.49. The van der Waals surface area contributed by atoms with Crippen LogP contribution in [0.2, 0.25) is 0 Å². The SMILES string of the molecule is C[C@@]12C(O)OCC1C1CC[C@H]2C1. The Kier molecular flexibility index (Phi) is 1.25. The predicted molar refractivity (Wildman–Crippen MR) is 44.4 cm³/mol. The monoisotopic (exact) mass is 168 g/mol. The quantitative estimate of drug-likeness (QED) is 0.592. The van der Waals surface area contributed by atoms with Gasteiger partial charge in [0, 0.05) is 5.41 Å². The Morgan fingerprint density at radius 2 is 2.25 bits per heavy atom. The van der Waals surface area contributed by atoms with Crippen LogP contribution < -0.4 is 0 Å². The largest absolute Gasteiger partial charge is 0.367 e. The maximum Gasteiger partial charge on any atom is 0.160 e. The van der Waals surface area contributed by atoms with E-state index in [1.54, 1.807) is 0 Å². The highest BCUT2D eigenvalue weighted by molar-refractivity contribution is 5.07. The molecule has 0 radical (unpaired) electrons. The zero-order chi connectivity index (χ0) is 8.34. The lowest BCUT2D eigenvalue weighted by Crippen LogP contribution is -2.38. The van der Waals surface area contributed by atoms with Crippen molar-refractivity contribution in [2.45, 2.75) is 32.5 Å². The fourth-order valence-corrected chi connectivity index (χ4v) is 3.83. The van der Waals surface area contributed by atoms with Crippen LogP contribution in [0, 0.1) is 23.2 Å². The van der Waals surface area contributed by atoms with Crippen LogP contribution in [0.3, 0.4) is 0 Å². The van der Waals surface area contributed by atoms with Crippen molar-refractivity contribution in [1.82, 2.24) is 0 Å². The summed E-state index contributed by atoms with van der Waals surface area (Å²) in [5, 5.41) is 9.76. The first-order valence-electron chi connectivity index (χ1n) is 5.02. The molecule has 2 heteroatoms. The number of aliphatic hydroxyl groups excluding tert-OH is 1. The van der Waals surface area contributed by atoms with Crippen LogP contribution in [0.5, 0.6) is 0 Å². The van der Waals surface area contributed by atoms with Crippen LogP contribution in [0.15, 0.2) is 0 Å². The van der Waals surface area contributed by atoms with E-state index in [0.717, 1.165) is 18.4 Å². The lowest BCUT2D eigenvalue weighted by molar-refractivity contribution is -0.129. The molecule has 1 saturated heterocycles. The Balaban J connectivity index is 2.01.